The number of aromatic nitrogens is 3. The van der Waals surface area contributed by atoms with Crippen molar-refractivity contribution in [2.75, 3.05) is 6.61 Å². The molecule has 3 aromatic rings. The van der Waals surface area contributed by atoms with Crippen molar-refractivity contribution < 1.29 is 24.1 Å². The number of aliphatic hydroxyl groups excluding tert-OH is 1. The number of pyridine rings is 1. The molecular weight excluding hydrogens is 365 g/mol. The number of benzene rings is 1. The van der Waals surface area contributed by atoms with E-state index in [1.54, 1.807) is 30.6 Å². The van der Waals surface area contributed by atoms with Crippen LogP contribution in [0.25, 0.3) is 16.7 Å². The fourth-order valence-electron chi connectivity index (χ4n) is 2.80. The van der Waals surface area contributed by atoms with Crippen LogP contribution in [0.4, 0.5) is 4.39 Å². The number of hydrogen-bond acceptors (Lipinski definition) is 5. The molecule has 7 nitrogen and oxygen atoms in total. The van der Waals surface area contributed by atoms with Gasteiger partial charge in [0.2, 0.25) is 0 Å². The van der Waals surface area contributed by atoms with E-state index >= 15 is 0 Å². The number of carbonyl (C=O) groups is 1. The van der Waals surface area contributed by atoms with Crippen molar-refractivity contribution >= 4 is 17.0 Å². The van der Waals surface area contributed by atoms with Crippen LogP contribution in [0.15, 0.2) is 36.7 Å². The van der Waals surface area contributed by atoms with Crippen LogP contribution in [-0.4, -0.2) is 43.7 Å². The number of fused-ring (bicyclic) bond motifs is 1. The normalized spacial score (nSPS) is 12.6. The van der Waals surface area contributed by atoms with Crippen LogP contribution < -0.4 is 0 Å². The van der Waals surface area contributed by atoms with Gasteiger partial charge in [0, 0.05) is 23.6 Å². The van der Waals surface area contributed by atoms with E-state index in [-0.39, 0.29) is 25.6 Å². The SMILES string of the molecule is CC(C)OC[C@@H](O)c1cnc2c(cnn2-c2ccc(CCC(=O)O)c(F)c2)c1. The topological polar surface area (TPSA) is 97.5 Å². The minimum absolute atomic E-state index is 0.0162. The van der Waals surface area contributed by atoms with Crippen molar-refractivity contribution in [3.8, 4) is 5.69 Å². The third-order valence-corrected chi connectivity index (χ3v) is 4.29. The molecule has 3 rings (SSSR count). The molecule has 0 saturated heterocycles. The molecule has 1 aromatic carbocycles. The molecule has 0 fully saturated rings. The van der Waals surface area contributed by atoms with Crippen LogP contribution in [-0.2, 0) is 16.0 Å². The number of aryl methyl sites for hydroxylation is 1. The van der Waals surface area contributed by atoms with Gasteiger partial charge in [0.25, 0.3) is 0 Å². The largest absolute Gasteiger partial charge is 0.481 e. The summed E-state index contributed by atoms with van der Waals surface area (Å²) >= 11 is 0. The first-order chi connectivity index (χ1) is 13.3. The molecule has 2 aromatic heterocycles. The third kappa shape index (κ3) is 4.52. The number of carboxylic acid groups (broad SMARTS) is 1. The molecule has 0 aliphatic heterocycles. The average molecular weight is 387 g/mol. The van der Waals surface area contributed by atoms with E-state index in [4.69, 9.17) is 9.84 Å². The van der Waals surface area contributed by atoms with E-state index in [0.29, 0.717) is 27.8 Å². The second-order valence-corrected chi connectivity index (χ2v) is 6.81. The number of nitrogens with zero attached hydrogens (tertiary/aromatic N) is 3. The molecule has 0 spiro atoms. The first kappa shape index (κ1) is 19.9. The lowest BCUT2D eigenvalue weighted by Gasteiger charge is -2.13. The summed E-state index contributed by atoms with van der Waals surface area (Å²) in [7, 11) is 0. The van der Waals surface area contributed by atoms with Gasteiger partial charge < -0.3 is 14.9 Å². The zero-order chi connectivity index (χ0) is 20.3. The van der Waals surface area contributed by atoms with Crippen molar-refractivity contribution in [3.63, 3.8) is 0 Å². The summed E-state index contributed by atoms with van der Waals surface area (Å²) in [4.78, 5) is 15.0. The first-order valence-corrected chi connectivity index (χ1v) is 8.99. The Hall–Kier alpha value is -2.84. The lowest BCUT2D eigenvalue weighted by molar-refractivity contribution is -0.136. The number of carboxylic acids is 1. The second kappa shape index (κ2) is 8.45. The minimum atomic E-state index is -0.970. The molecule has 0 saturated carbocycles. The molecule has 28 heavy (non-hydrogen) atoms. The maximum atomic E-state index is 14.3. The van der Waals surface area contributed by atoms with Gasteiger partial charge in [-0.1, -0.05) is 6.07 Å². The zero-order valence-corrected chi connectivity index (χ0v) is 15.7. The van der Waals surface area contributed by atoms with Crippen molar-refractivity contribution in [3.05, 3.63) is 53.6 Å². The highest BCUT2D eigenvalue weighted by Crippen LogP contribution is 2.22. The molecule has 0 amide bonds. The van der Waals surface area contributed by atoms with Gasteiger partial charge in [-0.25, -0.2) is 14.1 Å². The molecule has 0 aliphatic carbocycles. The quantitative estimate of drug-likeness (QED) is 0.617. The second-order valence-electron chi connectivity index (χ2n) is 6.81. The van der Waals surface area contributed by atoms with E-state index in [1.807, 2.05) is 13.8 Å². The van der Waals surface area contributed by atoms with E-state index in [9.17, 15) is 14.3 Å². The Morgan fingerprint density at radius 2 is 2.07 bits per heavy atom. The predicted octanol–water partition coefficient (Wildman–Crippen LogP) is 3.04. The maximum Gasteiger partial charge on any atom is 0.303 e. The predicted molar refractivity (Wildman–Crippen MR) is 101 cm³/mol. The lowest BCUT2D eigenvalue weighted by Crippen LogP contribution is -2.12. The Labute approximate surface area is 161 Å². The molecule has 1 atom stereocenters. The highest BCUT2D eigenvalue weighted by molar-refractivity contribution is 5.77. The summed E-state index contributed by atoms with van der Waals surface area (Å²) in [6.45, 7) is 3.95. The van der Waals surface area contributed by atoms with E-state index in [2.05, 4.69) is 10.1 Å². The first-order valence-electron chi connectivity index (χ1n) is 8.99. The highest BCUT2D eigenvalue weighted by atomic mass is 19.1. The number of aliphatic hydroxyl groups is 1. The van der Waals surface area contributed by atoms with Crippen LogP contribution in [0.3, 0.4) is 0 Å². The van der Waals surface area contributed by atoms with Crippen molar-refractivity contribution in [2.24, 2.45) is 0 Å². The van der Waals surface area contributed by atoms with Gasteiger partial charge in [0.05, 0.1) is 24.6 Å². The summed E-state index contributed by atoms with van der Waals surface area (Å²) in [6.07, 6.45) is 2.36. The van der Waals surface area contributed by atoms with Gasteiger partial charge >= 0.3 is 5.97 Å². The van der Waals surface area contributed by atoms with Crippen LogP contribution >= 0.6 is 0 Å². The van der Waals surface area contributed by atoms with Crippen LogP contribution in [0, 0.1) is 5.82 Å². The van der Waals surface area contributed by atoms with Crippen molar-refractivity contribution in [1.82, 2.24) is 14.8 Å². The molecule has 8 heteroatoms. The van der Waals surface area contributed by atoms with E-state index in [1.165, 1.54) is 10.7 Å². The minimum Gasteiger partial charge on any atom is -0.481 e. The molecule has 0 radical (unpaired) electrons. The smallest absolute Gasteiger partial charge is 0.303 e. The zero-order valence-electron chi connectivity index (χ0n) is 15.7. The highest BCUT2D eigenvalue weighted by Gasteiger charge is 2.14. The summed E-state index contributed by atoms with van der Waals surface area (Å²) in [5.41, 5.74) is 1.96. The van der Waals surface area contributed by atoms with E-state index < -0.39 is 17.9 Å². The van der Waals surface area contributed by atoms with Gasteiger partial charge in [0.15, 0.2) is 5.65 Å². The Bertz CT molecular complexity index is 987. The Morgan fingerprint density at radius 3 is 2.75 bits per heavy atom. The molecule has 2 heterocycles. The lowest BCUT2D eigenvalue weighted by atomic mass is 10.1. The third-order valence-electron chi connectivity index (χ3n) is 4.29. The summed E-state index contributed by atoms with van der Waals surface area (Å²) in [5, 5.41) is 23.9. The van der Waals surface area contributed by atoms with Crippen LogP contribution in [0.2, 0.25) is 0 Å². The molecule has 0 bridgehead atoms. The van der Waals surface area contributed by atoms with Crippen molar-refractivity contribution in [2.45, 2.75) is 38.9 Å². The van der Waals surface area contributed by atoms with Gasteiger partial charge in [-0.15, -0.1) is 0 Å². The number of ether oxygens (including phenoxy) is 1. The van der Waals surface area contributed by atoms with Gasteiger partial charge in [0.1, 0.15) is 11.9 Å². The Balaban J connectivity index is 1.84. The standard InChI is InChI=1S/C20H22FN3O4/c1-12(2)28-11-18(25)14-7-15-10-23-24(20(15)22-9-14)16-5-3-13(17(21)8-16)4-6-19(26)27/h3,5,7-10,12,18,25H,4,6,11H2,1-2H3,(H,26,27)/t18-/m1/s1. The Morgan fingerprint density at radius 1 is 1.29 bits per heavy atom. The summed E-state index contributed by atoms with van der Waals surface area (Å²) in [6, 6.07) is 6.32. The van der Waals surface area contributed by atoms with Crippen molar-refractivity contribution in [1.29, 1.82) is 0 Å². The molecule has 0 aliphatic rings. The maximum absolute atomic E-state index is 14.3. The molecule has 148 valence electrons. The fourth-order valence-corrected chi connectivity index (χ4v) is 2.80. The molecule has 2 N–H and O–H groups in total. The molecular formula is C20H22FN3O4. The average Bonchev–Trinajstić information content (AvgIpc) is 3.08. The summed E-state index contributed by atoms with van der Waals surface area (Å²) < 4.78 is 21.2. The van der Waals surface area contributed by atoms with Gasteiger partial charge in [-0.05, 0) is 44.0 Å². The number of hydrogen-bond donors (Lipinski definition) is 2. The summed E-state index contributed by atoms with van der Waals surface area (Å²) in [5.74, 6) is -1.46. The van der Waals surface area contributed by atoms with Crippen LogP contribution in [0.1, 0.15) is 37.5 Å². The number of halogens is 1. The number of aliphatic carboxylic acids is 1. The number of rotatable bonds is 8. The Kier molecular flexibility index (Phi) is 6.01. The van der Waals surface area contributed by atoms with Gasteiger partial charge in [-0.3, -0.25) is 4.79 Å². The van der Waals surface area contributed by atoms with Crippen LogP contribution in [0.5, 0.6) is 0 Å². The van der Waals surface area contributed by atoms with E-state index in [0.717, 1.165) is 0 Å². The monoisotopic (exact) mass is 387 g/mol. The fraction of sp³-hybridized carbons (Fsp3) is 0.350. The van der Waals surface area contributed by atoms with Gasteiger partial charge in [-0.2, -0.15) is 5.10 Å². The molecule has 0 unspecified atom stereocenters.